The van der Waals surface area contributed by atoms with Gasteiger partial charge in [0.1, 0.15) is 11.1 Å². The Balaban J connectivity index is 2.75. The van der Waals surface area contributed by atoms with Gasteiger partial charge in [-0.15, -0.1) is 24.2 Å². The second kappa shape index (κ2) is 4.31. The number of hydrogen-bond acceptors (Lipinski definition) is 3. The van der Waals surface area contributed by atoms with Gasteiger partial charge in [-0.3, -0.25) is 4.79 Å². The first kappa shape index (κ1) is 11.2. The lowest BCUT2D eigenvalue weighted by atomic mass is 10.1. The van der Waals surface area contributed by atoms with Gasteiger partial charge in [-0.1, -0.05) is 6.07 Å². The molecule has 0 saturated carbocycles. The van der Waals surface area contributed by atoms with E-state index >= 15 is 0 Å². The lowest BCUT2D eigenvalue weighted by Gasteiger charge is -2.00. The highest BCUT2D eigenvalue weighted by atomic mass is 35.5. The Morgan fingerprint density at radius 2 is 2.12 bits per heavy atom. The number of halogens is 1. The molecule has 0 aliphatic rings. The third kappa shape index (κ3) is 1.99. The maximum absolute atomic E-state index is 11.4. The summed E-state index contributed by atoms with van der Waals surface area (Å²) >= 11 is 9.29. The number of alkyl halides is 1. The Kier molecular flexibility index (Phi) is 3.03. The predicted octanol–water partition coefficient (Wildman–Crippen LogP) is 2.60. The van der Waals surface area contributed by atoms with Crippen LogP contribution in [0.2, 0.25) is 0 Å². The second-order valence-electron chi connectivity index (χ2n) is 3.26. The van der Waals surface area contributed by atoms with Crippen molar-refractivity contribution < 1.29 is 9.21 Å². The molecule has 1 aromatic heterocycles. The van der Waals surface area contributed by atoms with Crippen LogP contribution in [0.5, 0.6) is 0 Å². The molecule has 0 unspecified atom stereocenters. The Bertz CT molecular complexity index is 618. The fourth-order valence-corrected chi connectivity index (χ4v) is 1.73. The van der Waals surface area contributed by atoms with E-state index in [1.54, 1.807) is 18.2 Å². The largest absolute Gasteiger partial charge is 0.422 e. The van der Waals surface area contributed by atoms with E-state index in [0.717, 1.165) is 5.56 Å². The normalized spacial score (nSPS) is 10.6. The minimum Gasteiger partial charge on any atom is -0.422 e. The fraction of sp³-hybridized carbons (Fsp3) is 0.0909. The van der Waals surface area contributed by atoms with Crippen LogP contribution in [0.3, 0.4) is 0 Å². The first-order valence-corrected chi connectivity index (χ1v) is 5.46. The Morgan fingerprint density at radius 3 is 2.75 bits per heavy atom. The first-order valence-electron chi connectivity index (χ1n) is 4.48. The standard InChI is InChI=1S/C11H7ClO3S/c12-5-6-1-2-9-7(3-6)4-8(11(14)16)10(13)15-9/h1-4H,5H2,(H,14,16). The van der Waals surface area contributed by atoms with Gasteiger partial charge in [-0.05, 0) is 23.8 Å². The number of carbonyl (C=O) groups is 1. The molecule has 2 rings (SSSR count). The summed E-state index contributed by atoms with van der Waals surface area (Å²) in [4.78, 5) is 22.4. The van der Waals surface area contributed by atoms with Gasteiger partial charge in [-0.2, -0.15) is 0 Å². The molecule has 0 amide bonds. The quantitative estimate of drug-likeness (QED) is 0.509. The van der Waals surface area contributed by atoms with Crippen LogP contribution in [-0.2, 0) is 5.88 Å². The molecule has 0 radical (unpaired) electrons. The average Bonchev–Trinajstić information content (AvgIpc) is 2.27. The Hall–Kier alpha value is -1.26. The van der Waals surface area contributed by atoms with Crippen molar-refractivity contribution in [3.05, 3.63) is 45.8 Å². The summed E-state index contributed by atoms with van der Waals surface area (Å²) in [5, 5.41) is 0.0575. The number of thiol groups is 1. The van der Waals surface area contributed by atoms with Crippen LogP contribution in [0.1, 0.15) is 15.9 Å². The van der Waals surface area contributed by atoms with Crippen molar-refractivity contribution in [2.45, 2.75) is 5.88 Å². The molecule has 0 aliphatic heterocycles. The molecular formula is C11H7ClO3S. The molecule has 0 fully saturated rings. The molecule has 1 heterocycles. The van der Waals surface area contributed by atoms with Crippen LogP contribution >= 0.6 is 24.2 Å². The molecule has 5 heteroatoms. The van der Waals surface area contributed by atoms with E-state index in [2.05, 4.69) is 12.6 Å². The SMILES string of the molecule is O=C(S)c1cc2cc(CCl)ccc2oc1=O. The summed E-state index contributed by atoms with van der Waals surface area (Å²) in [7, 11) is 0. The lowest BCUT2D eigenvalue weighted by molar-refractivity contribution is 0.108. The number of rotatable bonds is 2. The monoisotopic (exact) mass is 254 g/mol. The van der Waals surface area contributed by atoms with Crippen LogP contribution in [0.15, 0.2) is 33.5 Å². The van der Waals surface area contributed by atoms with Crippen molar-refractivity contribution in [3.8, 4) is 0 Å². The van der Waals surface area contributed by atoms with Gasteiger partial charge in [-0.25, -0.2) is 4.79 Å². The van der Waals surface area contributed by atoms with Crippen molar-refractivity contribution in [2.24, 2.45) is 0 Å². The second-order valence-corrected chi connectivity index (χ2v) is 3.93. The van der Waals surface area contributed by atoms with Crippen LogP contribution in [-0.4, -0.2) is 5.12 Å². The van der Waals surface area contributed by atoms with Gasteiger partial charge in [0.2, 0.25) is 5.12 Å². The van der Waals surface area contributed by atoms with Crippen molar-refractivity contribution in [2.75, 3.05) is 0 Å². The topological polar surface area (TPSA) is 47.3 Å². The minimum atomic E-state index is -0.675. The third-order valence-corrected chi connectivity index (χ3v) is 2.73. The molecule has 1 aromatic carbocycles. The van der Waals surface area contributed by atoms with Crippen LogP contribution in [0, 0.1) is 0 Å². The summed E-state index contributed by atoms with van der Waals surface area (Å²) in [5.41, 5.74) is 0.575. The lowest BCUT2D eigenvalue weighted by Crippen LogP contribution is -2.09. The highest BCUT2D eigenvalue weighted by molar-refractivity contribution is 7.97. The van der Waals surface area contributed by atoms with Crippen LogP contribution in [0.25, 0.3) is 11.0 Å². The third-order valence-electron chi connectivity index (χ3n) is 2.18. The molecule has 0 spiro atoms. The number of benzene rings is 1. The maximum atomic E-state index is 11.4. The van der Waals surface area contributed by atoms with Crippen molar-refractivity contribution in [1.82, 2.24) is 0 Å². The molecular weight excluding hydrogens is 248 g/mol. The van der Waals surface area contributed by atoms with Crippen molar-refractivity contribution >= 4 is 40.3 Å². The van der Waals surface area contributed by atoms with E-state index in [1.807, 2.05) is 0 Å². The molecule has 0 saturated heterocycles. The summed E-state index contributed by atoms with van der Waals surface area (Å²) in [6, 6.07) is 6.65. The minimum absolute atomic E-state index is 0.0671. The molecule has 82 valence electrons. The number of hydrogen-bond donors (Lipinski definition) is 1. The maximum Gasteiger partial charge on any atom is 0.348 e. The number of fused-ring (bicyclic) bond motifs is 1. The molecule has 16 heavy (non-hydrogen) atoms. The van der Waals surface area contributed by atoms with E-state index < -0.39 is 10.7 Å². The smallest absolute Gasteiger partial charge is 0.348 e. The summed E-state index contributed by atoms with van der Waals surface area (Å²) in [6.07, 6.45) is 0. The van der Waals surface area contributed by atoms with Crippen molar-refractivity contribution in [3.63, 3.8) is 0 Å². The predicted molar refractivity (Wildman–Crippen MR) is 65.4 cm³/mol. The van der Waals surface area contributed by atoms with E-state index in [9.17, 15) is 9.59 Å². The average molecular weight is 255 g/mol. The molecule has 3 nitrogen and oxygen atoms in total. The van der Waals surface area contributed by atoms with Crippen LogP contribution in [0.4, 0.5) is 0 Å². The Morgan fingerprint density at radius 1 is 1.38 bits per heavy atom. The van der Waals surface area contributed by atoms with E-state index in [1.165, 1.54) is 6.07 Å². The molecule has 0 N–H and O–H groups in total. The van der Waals surface area contributed by atoms with E-state index in [0.29, 0.717) is 16.8 Å². The van der Waals surface area contributed by atoms with Gasteiger partial charge in [0, 0.05) is 11.3 Å². The molecule has 0 atom stereocenters. The zero-order chi connectivity index (χ0) is 11.7. The molecule has 0 aliphatic carbocycles. The highest BCUT2D eigenvalue weighted by Crippen LogP contribution is 2.17. The molecule has 0 bridgehead atoms. The fourth-order valence-electron chi connectivity index (χ4n) is 1.41. The Labute approximate surface area is 101 Å². The van der Waals surface area contributed by atoms with E-state index in [4.69, 9.17) is 16.0 Å². The summed E-state index contributed by atoms with van der Waals surface area (Å²) < 4.78 is 4.99. The van der Waals surface area contributed by atoms with Gasteiger partial charge >= 0.3 is 5.63 Å². The molecule has 2 aromatic rings. The van der Waals surface area contributed by atoms with Gasteiger partial charge in [0.25, 0.3) is 0 Å². The van der Waals surface area contributed by atoms with Gasteiger partial charge in [0.15, 0.2) is 0 Å². The first-order chi connectivity index (χ1) is 7.61. The highest BCUT2D eigenvalue weighted by Gasteiger charge is 2.10. The number of carbonyl (C=O) groups excluding carboxylic acids is 1. The zero-order valence-corrected chi connectivity index (χ0v) is 9.72. The van der Waals surface area contributed by atoms with Crippen molar-refractivity contribution in [1.29, 1.82) is 0 Å². The zero-order valence-electron chi connectivity index (χ0n) is 8.07. The van der Waals surface area contributed by atoms with Crippen LogP contribution < -0.4 is 5.63 Å². The van der Waals surface area contributed by atoms with E-state index in [-0.39, 0.29) is 5.56 Å². The summed E-state index contributed by atoms with van der Waals surface area (Å²) in [5.74, 6) is 0.360. The van der Waals surface area contributed by atoms with Gasteiger partial charge < -0.3 is 4.42 Å². The summed E-state index contributed by atoms with van der Waals surface area (Å²) in [6.45, 7) is 0. The van der Waals surface area contributed by atoms with Gasteiger partial charge in [0.05, 0.1) is 0 Å².